The average molecular weight is 273 g/mol. The van der Waals surface area contributed by atoms with E-state index < -0.39 is 0 Å². The second-order valence-corrected chi connectivity index (χ2v) is 5.13. The van der Waals surface area contributed by atoms with E-state index in [4.69, 9.17) is 4.74 Å². The maximum absolute atomic E-state index is 11.2. The first-order valence-electron chi connectivity index (χ1n) is 7.42. The first-order valence-corrected chi connectivity index (χ1v) is 7.42. The molecule has 20 heavy (non-hydrogen) atoms. The number of carbonyl (C=O) groups excluding carboxylic acids is 1. The molecule has 0 fully saturated rings. The van der Waals surface area contributed by atoms with Crippen LogP contribution in [0.25, 0.3) is 10.9 Å². The van der Waals surface area contributed by atoms with Crippen LogP contribution < -0.4 is 0 Å². The van der Waals surface area contributed by atoms with Gasteiger partial charge in [0.2, 0.25) is 0 Å². The van der Waals surface area contributed by atoms with Crippen molar-refractivity contribution in [2.45, 2.75) is 46.1 Å². The number of aromatic nitrogens is 1. The van der Waals surface area contributed by atoms with Crippen LogP contribution in [0.2, 0.25) is 0 Å². The van der Waals surface area contributed by atoms with Crippen LogP contribution >= 0.6 is 0 Å². The van der Waals surface area contributed by atoms with Crippen molar-refractivity contribution < 1.29 is 9.53 Å². The van der Waals surface area contributed by atoms with E-state index in [-0.39, 0.29) is 5.97 Å². The summed E-state index contributed by atoms with van der Waals surface area (Å²) in [5.41, 5.74) is 2.62. The summed E-state index contributed by atoms with van der Waals surface area (Å²) in [4.78, 5) is 11.2. The third-order valence-electron chi connectivity index (χ3n) is 3.62. The minimum atomic E-state index is -0.0745. The highest BCUT2D eigenvalue weighted by Gasteiger charge is 2.03. The summed E-state index contributed by atoms with van der Waals surface area (Å²) in [6.45, 7) is 5.48. The van der Waals surface area contributed by atoms with E-state index in [1.165, 1.54) is 16.5 Å². The fraction of sp³-hybridized carbons (Fsp3) is 0.471. The van der Waals surface area contributed by atoms with Crippen molar-refractivity contribution >= 4 is 16.9 Å². The maximum Gasteiger partial charge on any atom is 0.305 e. The van der Waals surface area contributed by atoms with E-state index in [9.17, 15) is 4.79 Å². The molecule has 108 valence electrons. The number of benzene rings is 1. The smallest absolute Gasteiger partial charge is 0.305 e. The topological polar surface area (TPSA) is 31.2 Å². The standard InChI is InChI=1S/C17H23NO2/c1-3-20-17(19)10-5-4-6-12-18-13-11-15-14(2)8-7-9-16(15)18/h7-9,11,13H,3-6,10,12H2,1-2H3. The van der Waals surface area contributed by atoms with E-state index in [1.54, 1.807) is 0 Å². The van der Waals surface area contributed by atoms with Gasteiger partial charge in [-0.3, -0.25) is 4.79 Å². The average Bonchev–Trinajstić information content (AvgIpc) is 2.83. The zero-order chi connectivity index (χ0) is 14.4. The Bertz CT molecular complexity index is 571. The van der Waals surface area contributed by atoms with Crippen molar-refractivity contribution in [3.05, 3.63) is 36.0 Å². The number of unbranched alkanes of at least 4 members (excludes halogenated alkanes) is 2. The Balaban J connectivity index is 1.79. The monoisotopic (exact) mass is 273 g/mol. The summed E-state index contributed by atoms with van der Waals surface area (Å²) in [6, 6.07) is 8.60. The second-order valence-electron chi connectivity index (χ2n) is 5.13. The molecule has 1 aromatic carbocycles. The van der Waals surface area contributed by atoms with Crippen molar-refractivity contribution in [2.24, 2.45) is 0 Å². The fourth-order valence-corrected chi connectivity index (χ4v) is 2.53. The summed E-state index contributed by atoms with van der Waals surface area (Å²) in [6.07, 6.45) is 5.76. The summed E-state index contributed by atoms with van der Waals surface area (Å²) < 4.78 is 7.22. The summed E-state index contributed by atoms with van der Waals surface area (Å²) in [7, 11) is 0. The van der Waals surface area contributed by atoms with E-state index in [1.807, 2.05) is 6.92 Å². The Morgan fingerprint density at radius 2 is 2.05 bits per heavy atom. The van der Waals surface area contributed by atoms with Gasteiger partial charge in [0.15, 0.2) is 0 Å². The SMILES string of the molecule is CCOC(=O)CCCCCn1ccc2c(C)cccc21. The predicted molar refractivity (Wildman–Crippen MR) is 81.8 cm³/mol. The predicted octanol–water partition coefficient (Wildman–Crippen LogP) is 4.07. The highest BCUT2D eigenvalue weighted by Crippen LogP contribution is 2.20. The Hall–Kier alpha value is -1.77. The zero-order valence-corrected chi connectivity index (χ0v) is 12.4. The zero-order valence-electron chi connectivity index (χ0n) is 12.4. The summed E-state index contributed by atoms with van der Waals surface area (Å²) in [5, 5.41) is 1.33. The minimum Gasteiger partial charge on any atom is -0.466 e. The quantitative estimate of drug-likeness (QED) is 0.562. The van der Waals surface area contributed by atoms with Crippen molar-refractivity contribution in [1.82, 2.24) is 4.57 Å². The van der Waals surface area contributed by atoms with Gasteiger partial charge in [-0.05, 0) is 44.4 Å². The molecule has 0 spiro atoms. The van der Waals surface area contributed by atoms with Crippen LogP contribution in [0.1, 0.15) is 38.2 Å². The van der Waals surface area contributed by atoms with E-state index in [0.717, 1.165) is 25.8 Å². The molecule has 0 saturated carbocycles. The lowest BCUT2D eigenvalue weighted by molar-refractivity contribution is -0.143. The molecule has 3 nitrogen and oxygen atoms in total. The third-order valence-corrected chi connectivity index (χ3v) is 3.62. The van der Waals surface area contributed by atoms with Crippen LogP contribution in [0.4, 0.5) is 0 Å². The molecule has 1 aromatic heterocycles. The molecule has 0 N–H and O–H groups in total. The largest absolute Gasteiger partial charge is 0.466 e. The summed E-state index contributed by atoms with van der Waals surface area (Å²) in [5.74, 6) is -0.0745. The molecule has 3 heteroatoms. The molecule has 0 unspecified atom stereocenters. The number of nitrogens with zero attached hydrogens (tertiary/aromatic N) is 1. The number of hydrogen-bond donors (Lipinski definition) is 0. The Kier molecular flexibility index (Phi) is 5.22. The number of rotatable bonds is 7. The van der Waals surface area contributed by atoms with Gasteiger partial charge in [-0.25, -0.2) is 0 Å². The van der Waals surface area contributed by atoms with Crippen molar-refractivity contribution in [3.8, 4) is 0 Å². The van der Waals surface area contributed by atoms with Gasteiger partial charge in [-0.1, -0.05) is 18.6 Å². The first kappa shape index (κ1) is 14.6. The molecule has 2 rings (SSSR count). The minimum absolute atomic E-state index is 0.0745. The van der Waals surface area contributed by atoms with Gasteiger partial charge in [0.25, 0.3) is 0 Å². The first-order chi connectivity index (χ1) is 9.72. The normalized spacial score (nSPS) is 10.9. The lowest BCUT2D eigenvalue weighted by Crippen LogP contribution is -2.03. The fourth-order valence-electron chi connectivity index (χ4n) is 2.53. The molecule has 2 aromatic rings. The van der Waals surface area contributed by atoms with Crippen LogP contribution in [0.15, 0.2) is 30.5 Å². The number of carbonyl (C=O) groups is 1. The molecular formula is C17H23NO2. The number of aryl methyl sites for hydroxylation is 2. The van der Waals surface area contributed by atoms with Crippen molar-refractivity contribution in [3.63, 3.8) is 0 Å². The molecular weight excluding hydrogens is 250 g/mol. The van der Waals surface area contributed by atoms with Crippen LogP contribution in [-0.2, 0) is 16.1 Å². The number of hydrogen-bond acceptors (Lipinski definition) is 2. The number of fused-ring (bicyclic) bond motifs is 1. The molecule has 0 radical (unpaired) electrons. The molecule has 0 aliphatic heterocycles. The van der Waals surface area contributed by atoms with Crippen LogP contribution in [-0.4, -0.2) is 17.1 Å². The van der Waals surface area contributed by atoms with Gasteiger partial charge in [0.05, 0.1) is 6.61 Å². The summed E-state index contributed by atoms with van der Waals surface area (Å²) >= 11 is 0. The molecule has 0 aliphatic rings. The van der Waals surface area contributed by atoms with Gasteiger partial charge in [0.1, 0.15) is 0 Å². The molecule has 0 atom stereocenters. The van der Waals surface area contributed by atoms with E-state index in [0.29, 0.717) is 13.0 Å². The van der Waals surface area contributed by atoms with Gasteiger partial charge >= 0.3 is 5.97 Å². The van der Waals surface area contributed by atoms with Crippen molar-refractivity contribution in [2.75, 3.05) is 6.61 Å². The van der Waals surface area contributed by atoms with Gasteiger partial charge in [0, 0.05) is 30.1 Å². The molecule has 0 bridgehead atoms. The molecule has 0 amide bonds. The van der Waals surface area contributed by atoms with Gasteiger partial charge in [-0.2, -0.15) is 0 Å². The van der Waals surface area contributed by atoms with Gasteiger partial charge < -0.3 is 9.30 Å². The Morgan fingerprint density at radius 3 is 2.85 bits per heavy atom. The Labute approximate surface area is 120 Å². The number of ether oxygens (including phenoxy) is 1. The highest BCUT2D eigenvalue weighted by molar-refractivity contribution is 5.83. The molecule has 0 aliphatic carbocycles. The highest BCUT2D eigenvalue weighted by atomic mass is 16.5. The van der Waals surface area contributed by atoms with Crippen LogP contribution in [0, 0.1) is 6.92 Å². The van der Waals surface area contributed by atoms with E-state index in [2.05, 4.69) is 42.0 Å². The van der Waals surface area contributed by atoms with Crippen LogP contribution in [0.5, 0.6) is 0 Å². The van der Waals surface area contributed by atoms with Crippen LogP contribution in [0.3, 0.4) is 0 Å². The van der Waals surface area contributed by atoms with E-state index >= 15 is 0 Å². The molecule has 1 heterocycles. The number of esters is 1. The lowest BCUT2D eigenvalue weighted by Gasteiger charge is -2.06. The van der Waals surface area contributed by atoms with Gasteiger partial charge in [-0.15, -0.1) is 0 Å². The molecule has 0 saturated heterocycles. The lowest BCUT2D eigenvalue weighted by atomic mass is 10.1. The van der Waals surface area contributed by atoms with Crippen molar-refractivity contribution in [1.29, 1.82) is 0 Å². The second kappa shape index (κ2) is 7.13. The third kappa shape index (κ3) is 3.62. The maximum atomic E-state index is 11.2. The Morgan fingerprint density at radius 1 is 1.20 bits per heavy atom.